The van der Waals surface area contributed by atoms with Crippen molar-refractivity contribution in [1.82, 2.24) is 4.90 Å². The highest BCUT2D eigenvalue weighted by Gasteiger charge is 2.49. The molecule has 0 saturated carbocycles. The maximum Gasteiger partial charge on any atom is 0.573 e. The van der Waals surface area contributed by atoms with Crippen LogP contribution in [0.2, 0.25) is 5.02 Å². The molecule has 0 aliphatic carbocycles. The number of aldehydes is 1. The molecule has 180 valence electrons. The van der Waals surface area contributed by atoms with E-state index >= 15 is 0 Å². The van der Waals surface area contributed by atoms with E-state index in [0.29, 0.717) is 35.6 Å². The first-order valence-corrected chi connectivity index (χ1v) is 10.5. The molecule has 1 aliphatic rings. The molecule has 2 aromatic carbocycles. The van der Waals surface area contributed by atoms with E-state index in [2.05, 4.69) is 4.74 Å². The maximum absolute atomic E-state index is 12.5. The van der Waals surface area contributed by atoms with E-state index in [-0.39, 0.29) is 5.02 Å². The Balaban J connectivity index is 1.90. The lowest BCUT2D eigenvalue weighted by molar-refractivity contribution is -0.274. The first-order valence-electron chi connectivity index (χ1n) is 10.1. The summed E-state index contributed by atoms with van der Waals surface area (Å²) in [5, 5.41) is -0.155. The number of nitrogens with zero attached hydrogens (tertiary/aromatic N) is 1. The molecule has 1 heterocycles. The van der Waals surface area contributed by atoms with Gasteiger partial charge in [0, 0.05) is 6.54 Å². The Bertz CT molecular complexity index is 976. The van der Waals surface area contributed by atoms with Crippen molar-refractivity contribution in [3.05, 3.63) is 52.5 Å². The summed E-state index contributed by atoms with van der Waals surface area (Å²) in [6, 6.07) is 8.85. The van der Waals surface area contributed by atoms with Crippen molar-refractivity contribution in [1.29, 1.82) is 0 Å². The minimum absolute atomic E-state index is 0.155. The molecule has 2 unspecified atom stereocenters. The van der Waals surface area contributed by atoms with Crippen LogP contribution in [0.15, 0.2) is 36.4 Å². The van der Waals surface area contributed by atoms with Crippen LogP contribution in [-0.4, -0.2) is 50.0 Å². The van der Waals surface area contributed by atoms with Crippen molar-refractivity contribution in [2.24, 2.45) is 0 Å². The summed E-state index contributed by atoms with van der Waals surface area (Å²) in [6.45, 7) is 4.00. The third kappa shape index (κ3) is 5.54. The van der Waals surface area contributed by atoms with E-state index in [1.807, 2.05) is 18.7 Å². The fourth-order valence-electron chi connectivity index (χ4n) is 3.98. The molecule has 0 radical (unpaired) electrons. The molecule has 0 spiro atoms. The van der Waals surface area contributed by atoms with Crippen LogP contribution >= 0.6 is 11.6 Å². The molecule has 1 saturated heterocycles. The number of hydrogen-bond acceptors (Lipinski definition) is 6. The number of benzene rings is 2. The molecular formula is C23H25ClF3NO5. The van der Waals surface area contributed by atoms with Crippen molar-refractivity contribution in [2.45, 2.75) is 44.5 Å². The minimum atomic E-state index is -4.83. The Labute approximate surface area is 195 Å². The van der Waals surface area contributed by atoms with Crippen LogP contribution in [0.3, 0.4) is 0 Å². The lowest BCUT2D eigenvalue weighted by atomic mass is 9.99. The number of ether oxygens (including phenoxy) is 4. The third-order valence-corrected chi connectivity index (χ3v) is 5.80. The van der Waals surface area contributed by atoms with Gasteiger partial charge in [0.2, 0.25) is 0 Å². The number of rotatable bonds is 8. The van der Waals surface area contributed by atoms with Gasteiger partial charge in [-0.1, -0.05) is 23.7 Å². The summed E-state index contributed by atoms with van der Waals surface area (Å²) in [5.41, 5.74) is 0.516. The third-order valence-electron chi connectivity index (χ3n) is 5.51. The molecule has 0 bridgehead atoms. The van der Waals surface area contributed by atoms with Crippen LogP contribution in [0.4, 0.5) is 13.2 Å². The molecule has 0 amide bonds. The zero-order valence-corrected chi connectivity index (χ0v) is 19.4. The predicted molar refractivity (Wildman–Crippen MR) is 116 cm³/mol. The van der Waals surface area contributed by atoms with Crippen molar-refractivity contribution >= 4 is 17.9 Å². The largest absolute Gasteiger partial charge is 0.573 e. The second-order valence-electron chi connectivity index (χ2n) is 8.03. The van der Waals surface area contributed by atoms with Gasteiger partial charge in [-0.25, -0.2) is 0 Å². The smallest absolute Gasteiger partial charge is 0.496 e. The maximum atomic E-state index is 12.5. The molecule has 0 N–H and O–H groups in total. The molecule has 10 heteroatoms. The number of alkyl halides is 3. The fraction of sp³-hybridized carbons (Fsp3) is 0.435. The topological polar surface area (TPSA) is 57.2 Å². The average molecular weight is 488 g/mol. The summed E-state index contributed by atoms with van der Waals surface area (Å²) in [6.07, 6.45) is -4.26. The van der Waals surface area contributed by atoms with E-state index in [4.69, 9.17) is 25.8 Å². The number of methoxy groups -OCH3 is 2. The molecule has 6 nitrogen and oxygen atoms in total. The van der Waals surface area contributed by atoms with Crippen molar-refractivity contribution in [2.75, 3.05) is 20.8 Å². The Morgan fingerprint density at radius 1 is 1.12 bits per heavy atom. The minimum Gasteiger partial charge on any atom is -0.496 e. The van der Waals surface area contributed by atoms with Gasteiger partial charge in [-0.15, -0.1) is 13.2 Å². The average Bonchev–Trinajstić information content (AvgIpc) is 3.01. The van der Waals surface area contributed by atoms with E-state index in [9.17, 15) is 18.0 Å². The van der Waals surface area contributed by atoms with Gasteiger partial charge in [-0.3, -0.25) is 4.90 Å². The van der Waals surface area contributed by atoms with Gasteiger partial charge in [0.25, 0.3) is 0 Å². The Morgan fingerprint density at radius 2 is 1.76 bits per heavy atom. The first kappa shape index (κ1) is 25.1. The highest BCUT2D eigenvalue weighted by atomic mass is 35.5. The van der Waals surface area contributed by atoms with Crippen LogP contribution in [0, 0.1) is 0 Å². The first-order chi connectivity index (χ1) is 15.5. The second kappa shape index (κ2) is 9.79. The monoisotopic (exact) mass is 487 g/mol. The molecule has 2 atom stereocenters. The Morgan fingerprint density at radius 3 is 2.27 bits per heavy atom. The molecule has 1 aliphatic heterocycles. The summed E-state index contributed by atoms with van der Waals surface area (Å²) < 4.78 is 58.7. The number of carbonyl (C=O) groups is 1. The van der Waals surface area contributed by atoms with Gasteiger partial charge in [-0.05, 0) is 50.1 Å². The Kier molecular flexibility index (Phi) is 7.45. The van der Waals surface area contributed by atoms with Crippen LogP contribution in [0.1, 0.15) is 31.2 Å². The summed E-state index contributed by atoms with van der Waals surface area (Å²) >= 11 is 5.98. The summed E-state index contributed by atoms with van der Waals surface area (Å²) in [7, 11) is 3.07. The second-order valence-corrected chi connectivity index (χ2v) is 8.44. The zero-order chi connectivity index (χ0) is 24.4. The van der Waals surface area contributed by atoms with Gasteiger partial charge in [0.1, 0.15) is 29.8 Å². The lowest BCUT2D eigenvalue weighted by Gasteiger charge is -2.28. The van der Waals surface area contributed by atoms with Crippen molar-refractivity contribution in [3.8, 4) is 17.2 Å². The van der Waals surface area contributed by atoms with Crippen LogP contribution in [-0.2, 0) is 16.0 Å². The highest BCUT2D eigenvalue weighted by molar-refractivity contribution is 6.32. The van der Waals surface area contributed by atoms with E-state index in [1.165, 1.54) is 32.4 Å². The predicted octanol–water partition coefficient (Wildman–Crippen LogP) is 5.18. The molecule has 33 heavy (non-hydrogen) atoms. The van der Waals surface area contributed by atoms with Gasteiger partial charge in [-0.2, -0.15) is 0 Å². The van der Waals surface area contributed by atoms with Gasteiger partial charge in [0.05, 0.1) is 36.4 Å². The SMILES string of the molecule is COc1cccc(OC)c1C1OC(C)(C)C(C=O)N1CCc1ccc(OC(F)(F)F)c(Cl)c1. The molecule has 0 aromatic heterocycles. The summed E-state index contributed by atoms with van der Waals surface area (Å²) in [4.78, 5) is 13.9. The van der Waals surface area contributed by atoms with Gasteiger partial charge in [0.15, 0.2) is 0 Å². The van der Waals surface area contributed by atoms with E-state index in [0.717, 1.165) is 6.29 Å². The standard InChI is InChI=1S/C23H25ClF3NO5/c1-22(2)19(13-29)28(21(33-22)20-17(30-3)6-5-7-18(20)31-4)11-10-14-8-9-16(15(24)12-14)32-23(25,26)27/h5-9,12-13,19,21H,10-11H2,1-4H3. The van der Waals surface area contributed by atoms with Crippen molar-refractivity contribution < 1.29 is 36.9 Å². The molecule has 3 rings (SSSR count). The van der Waals surface area contributed by atoms with Crippen LogP contribution in [0.25, 0.3) is 0 Å². The van der Waals surface area contributed by atoms with Gasteiger partial charge < -0.3 is 23.7 Å². The zero-order valence-electron chi connectivity index (χ0n) is 18.6. The van der Waals surface area contributed by atoms with E-state index < -0.39 is 30.0 Å². The summed E-state index contributed by atoms with van der Waals surface area (Å²) in [5.74, 6) is 0.618. The van der Waals surface area contributed by atoms with Crippen LogP contribution in [0.5, 0.6) is 17.2 Å². The molecular weight excluding hydrogens is 463 g/mol. The lowest BCUT2D eigenvalue weighted by Crippen LogP contribution is -2.43. The highest BCUT2D eigenvalue weighted by Crippen LogP contribution is 2.46. The van der Waals surface area contributed by atoms with Gasteiger partial charge >= 0.3 is 6.36 Å². The van der Waals surface area contributed by atoms with Crippen molar-refractivity contribution in [3.63, 3.8) is 0 Å². The van der Waals surface area contributed by atoms with E-state index in [1.54, 1.807) is 18.2 Å². The number of hydrogen-bond donors (Lipinski definition) is 0. The normalized spacial score (nSPS) is 20.5. The Hall–Kier alpha value is -2.49. The quantitative estimate of drug-likeness (QED) is 0.478. The molecule has 2 aromatic rings. The number of halogens is 4. The molecule has 1 fully saturated rings. The fourth-order valence-corrected chi connectivity index (χ4v) is 4.22. The number of carbonyl (C=O) groups excluding carboxylic acids is 1. The van der Waals surface area contributed by atoms with Crippen LogP contribution < -0.4 is 14.2 Å².